The predicted molar refractivity (Wildman–Crippen MR) is 125 cm³/mol. The molecule has 1 amide bonds. The van der Waals surface area contributed by atoms with Crippen molar-refractivity contribution in [1.82, 2.24) is 15.3 Å². The van der Waals surface area contributed by atoms with Crippen molar-refractivity contribution < 1.29 is 9.53 Å². The molecule has 5 rings (SSSR count). The molecule has 1 aliphatic heterocycles. The number of nitrogens with two attached hydrogens (primary N) is 1. The Morgan fingerprint density at radius 2 is 1.72 bits per heavy atom. The number of amides is 1. The topological polar surface area (TPSA) is 105 Å². The van der Waals surface area contributed by atoms with Crippen LogP contribution < -0.4 is 21.3 Å². The Bertz CT molecular complexity index is 1090. The SMILES string of the molecule is Nc1nc(Nc2ccc(N3CCOCC3)cc2)cc(-c2ccc(C(=O)NC3CC3)cc2)n1. The van der Waals surface area contributed by atoms with Gasteiger partial charge in [0.05, 0.1) is 18.9 Å². The minimum Gasteiger partial charge on any atom is -0.378 e. The normalized spacial score (nSPS) is 15.9. The van der Waals surface area contributed by atoms with E-state index >= 15 is 0 Å². The Hall–Kier alpha value is -3.65. The third kappa shape index (κ3) is 4.81. The van der Waals surface area contributed by atoms with Gasteiger partial charge in [0.15, 0.2) is 0 Å². The van der Waals surface area contributed by atoms with Crippen LogP contribution in [0.2, 0.25) is 0 Å². The number of rotatable bonds is 6. The monoisotopic (exact) mass is 430 g/mol. The van der Waals surface area contributed by atoms with E-state index in [1.165, 1.54) is 5.69 Å². The summed E-state index contributed by atoms with van der Waals surface area (Å²) in [5.74, 6) is 0.761. The first kappa shape index (κ1) is 20.3. The summed E-state index contributed by atoms with van der Waals surface area (Å²) in [6, 6.07) is 17.8. The molecule has 2 aromatic carbocycles. The fourth-order valence-corrected chi connectivity index (χ4v) is 3.69. The number of carbonyl (C=O) groups excluding carboxylic acids is 1. The second kappa shape index (κ2) is 8.84. The Morgan fingerprint density at radius 1 is 1.00 bits per heavy atom. The molecule has 0 radical (unpaired) electrons. The van der Waals surface area contributed by atoms with E-state index in [-0.39, 0.29) is 11.9 Å². The number of hydrogen-bond donors (Lipinski definition) is 3. The zero-order valence-corrected chi connectivity index (χ0v) is 17.8. The van der Waals surface area contributed by atoms with E-state index in [1.807, 2.05) is 42.5 Å². The molecule has 2 fully saturated rings. The predicted octanol–water partition coefficient (Wildman–Crippen LogP) is 3.20. The van der Waals surface area contributed by atoms with Gasteiger partial charge < -0.3 is 26.0 Å². The second-order valence-electron chi connectivity index (χ2n) is 8.09. The number of nitrogen functional groups attached to an aromatic ring is 1. The molecule has 1 saturated carbocycles. The number of morpholine rings is 1. The van der Waals surface area contributed by atoms with Gasteiger partial charge in [0.2, 0.25) is 5.95 Å². The van der Waals surface area contributed by atoms with Gasteiger partial charge in [-0.25, -0.2) is 4.98 Å². The lowest BCUT2D eigenvalue weighted by molar-refractivity contribution is 0.0951. The van der Waals surface area contributed by atoms with E-state index in [2.05, 4.69) is 37.6 Å². The van der Waals surface area contributed by atoms with Gasteiger partial charge in [-0.05, 0) is 49.2 Å². The van der Waals surface area contributed by atoms with Crippen molar-refractivity contribution in [3.8, 4) is 11.3 Å². The van der Waals surface area contributed by atoms with Gasteiger partial charge in [-0.1, -0.05) is 12.1 Å². The first-order valence-corrected chi connectivity index (χ1v) is 10.9. The van der Waals surface area contributed by atoms with Crippen molar-refractivity contribution in [3.05, 3.63) is 60.2 Å². The number of nitrogens with zero attached hydrogens (tertiary/aromatic N) is 3. The van der Waals surface area contributed by atoms with E-state index in [9.17, 15) is 4.79 Å². The quantitative estimate of drug-likeness (QED) is 0.551. The van der Waals surface area contributed by atoms with Crippen molar-refractivity contribution in [2.45, 2.75) is 18.9 Å². The van der Waals surface area contributed by atoms with Gasteiger partial charge in [-0.15, -0.1) is 0 Å². The molecule has 1 saturated heterocycles. The van der Waals surface area contributed by atoms with Crippen LogP contribution in [0.3, 0.4) is 0 Å². The molecule has 1 aromatic heterocycles. The summed E-state index contributed by atoms with van der Waals surface area (Å²) in [4.78, 5) is 23.2. The van der Waals surface area contributed by atoms with E-state index in [4.69, 9.17) is 10.5 Å². The molecule has 4 N–H and O–H groups in total. The first-order valence-electron chi connectivity index (χ1n) is 10.9. The lowest BCUT2D eigenvalue weighted by atomic mass is 10.1. The molecule has 1 aliphatic carbocycles. The molecule has 0 unspecified atom stereocenters. The minimum atomic E-state index is -0.0378. The molecule has 8 nitrogen and oxygen atoms in total. The van der Waals surface area contributed by atoms with Crippen molar-refractivity contribution in [2.24, 2.45) is 0 Å². The van der Waals surface area contributed by atoms with Gasteiger partial charge >= 0.3 is 0 Å². The Kier molecular flexibility index (Phi) is 5.60. The van der Waals surface area contributed by atoms with E-state index in [0.29, 0.717) is 23.1 Å². The summed E-state index contributed by atoms with van der Waals surface area (Å²) in [5, 5.41) is 6.30. The van der Waals surface area contributed by atoms with Crippen molar-refractivity contribution in [1.29, 1.82) is 0 Å². The largest absolute Gasteiger partial charge is 0.378 e. The Labute approximate surface area is 186 Å². The van der Waals surface area contributed by atoms with Gasteiger partial charge in [-0.2, -0.15) is 4.98 Å². The van der Waals surface area contributed by atoms with E-state index in [1.54, 1.807) is 0 Å². The highest BCUT2D eigenvalue weighted by molar-refractivity contribution is 5.95. The smallest absolute Gasteiger partial charge is 0.251 e. The van der Waals surface area contributed by atoms with Crippen LogP contribution >= 0.6 is 0 Å². The third-order valence-corrected chi connectivity index (χ3v) is 5.61. The molecular formula is C24H26N6O2. The van der Waals surface area contributed by atoms with Crippen molar-refractivity contribution in [3.63, 3.8) is 0 Å². The molecule has 0 spiro atoms. The van der Waals surface area contributed by atoms with E-state index in [0.717, 1.165) is 50.4 Å². The van der Waals surface area contributed by atoms with Crippen LogP contribution in [0.25, 0.3) is 11.3 Å². The number of hydrogen-bond acceptors (Lipinski definition) is 7. The molecule has 32 heavy (non-hydrogen) atoms. The summed E-state index contributed by atoms with van der Waals surface area (Å²) in [7, 11) is 0. The highest BCUT2D eigenvalue weighted by Crippen LogP contribution is 2.25. The van der Waals surface area contributed by atoms with Crippen LogP contribution in [-0.2, 0) is 4.74 Å². The maximum atomic E-state index is 12.2. The molecule has 2 aliphatic rings. The first-order chi connectivity index (χ1) is 15.6. The standard InChI is InChI=1S/C24H26N6O2/c25-24-28-21(16-1-3-17(4-2-16)23(31)27-19-5-6-19)15-22(29-24)26-18-7-9-20(10-8-18)30-11-13-32-14-12-30/h1-4,7-10,15,19H,5-6,11-14H2,(H,27,31)(H3,25,26,28,29). The summed E-state index contributed by atoms with van der Waals surface area (Å²) in [6.07, 6.45) is 2.13. The van der Waals surface area contributed by atoms with Crippen molar-refractivity contribution in [2.75, 3.05) is 42.3 Å². The van der Waals surface area contributed by atoms with Crippen LogP contribution in [0.4, 0.5) is 23.1 Å². The molecule has 3 aromatic rings. The molecule has 164 valence electrons. The Morgan fingerprint density at radius 3 is 2.41 bits per heavy atom. The van der Waals surface area contributed by atoms with Crippen LogP contribution in [0.15, 0.2) is 54.6 Å². The van der Waals surface area contributed by atoms with Crippen molar-refractivity contribution >= 4 is 29.0 Å². The lowest BCUT2D eigenvalue weighted by Gasteiger charge is -2.28. The van der Waals surface area contributed by atoms with Gasteiger partial charge in [0.25, 0.3) is 5.91 Å². The fourth-order valence-electron chi connectivity index (χ4n) is 3.69. The van der Waals surface area contributed by atoms with Gasteiger partial charge in [0, 0.05) is 47.7 Å². The van der Waals surface area contributed by atoms with Crippen LogP contribution in [-0.4, -0.2) is 48.2 Å². The molecule has 0 atom stereocenters. The summed E-state index contributed by atoms with van der Waals surface area (Å²) in [5.41, 5.74) is 10.3. The van der Waals surface area contributed by atoms with Gasteiger partial charge in [0.1, 0.15) is 5.82 Å². The average molecular weight is 431 g/mol. The van der Waals surface area contributed by atoms with Crippen LogP contribution in [0.1, 0.15) is 23.2 Å². The van der Waals surface area contributed by atoms with Crippen LogP contribution in [0, 0.1) is 0 Å². The number of nitrogens with one attached hydrogen (secondary N) is 2. The van der Waals surface area contributed by atoms with E-state index < -0.39 is 0 Å². The number of ether oxygens (including phenoxy) is 1. The Balaban J connectivity index is 1.29. The summed E-state index contributed by atoms with van der Waals surface area (Å²) < 4.78 is 5.42. The van der Waals surface area contributed by atoms with Crippen LogP contribution in [0.5, 0.6) is 0 Å². The molecular weight excluding hydrogens is 404 g/mol. The fraction of sp³-hybridized carbons (Fsp3) is 0.292. The zero-order valence-electron chi connectivity index (χ0n) is 17.8. The second-order valence-corrected chi connectivity index (χ2v) is 8.09. The average Bonchev–Trinajstić information content (AvgIpc) is 3.64. The molecule has 8 heteroatoms. The highest BCUT2D eigenvalue weighted by atomic mass is 16.5. The summed E-state index contributed by atoms with van der Waals surface area (Å²) in [6.45, 7) is 3.32. The molecule has 2 heterocycles. The maximum Gasteiger partial charge on any atom is 0.251 e. The van der Waals surface area contributed by atoms with Gasteiger partial charge in [-0.3, -0.25) is 4.79 Å². The number of anilines is 4. The third-order valence-electron chi connectivity index (χ3n) is 5.61. The maximum absolute atomic E-state index is 12.2. The number of aromatic nitrogens is 2. The number of benzene rings is 2. The lowest BCUT2D eigenvalue weighted by Crippen LogP contribution is -2.36. The molecule has 0 bridgehead atoms. The zero-order chi connectivity index (χ0) is 21.9. The highest BCUT2D eigenvalue weighted by Gasteiger charge is 2.23. The number of carbonyl (C=O) groups is 1. The summed E-state index contributed by atoms with van der Waals surface area (Å²) >= 11 is 0. The minimum absolute atomic E-state index is 0.0378.